The standard InChI is InChI=1S/C17H25N/c1-3-8-15(9-4-1)10-7-13-17-14-18(17)16-11-5-2-6-12-16/h1,3-4,8-9,16-17H,2,5-7,10-14H2/t17-,18?/m1/s1. The van der Waals surface area contributed by atoms with Gasteiger partial charge in [-0.1, -0.05) is 49.6 Å². The van der Waals surface area contributed by atoms with E-state index in [2.05, 4.69) is 35.2 Å². The van der Waals surface area contributed by atoms with E-state index in [-0.39, 0.29) is 0 Å². The third-order valence-corrected chi connectivity index (χ3v) is 4.65. The molecular weight excluding hydrogens is 218 g/mol. The van der Waals surface area contributed by atoms with E-state index < -0.39 is 0 Å². The molecule has 98 valence electrons. The summed E-state index contributed by atoms with van der Waals surface area (Å²) in [6.45, 7) is 1.39. The van der Waals surface area contributed by atoms with Crippen LogP contribution in [-0.2, 0) is 6.42 Å². The summed E-state index contributed by atoms with van der Waals surface area (Å²) < 4.78 is 0. The van der Waals surface area contributed by atoms with Crippen molar-refractivity contribution < 1.29 is 0 Å². The molecule has 1 saturated carbocycles. The lowest BCUT2D eigenvalue weighted by Crippen LogP contribution is -2.23. The van der Waals surface area contributed by atoms with Crippen LogP contribution in [0.2, 0.25) is 0 Å². The number of aryl methyl sites for hydroxylation is 1. The zero-order valence-electron chi connectivity index (χ0n) is 11.4. The molecule has 1 aromatic rings. The van der Waals surface area contributed by atoms with Crippen LogP contribution in [0.5, 0.6) is 0 Å². The van der Waals surface area contributed by atoms with Crippen molar-refractivity contribution in [3.8, 4) is 0 Å². The highest BCUT2D eigenvalue weighted by Gasteiger charge is 2.38. The van der Waals surface area contributed by atoms with E-state index in [1.807, 2.05) is 0 Å². The second kappa shape index (κ2) is 5.88. The van der Waals surface area contributed by atoms with Crippen molar-refractivity contribution in [2.75, 3.05) is 6.54 Å². The Hall–Kier alpha value is -0.820. The first-order valence-corrected chi connectivity index (χ1v) is 7.73. The van der Waals surface area contributed by atoms with Gasteiger partial charge in [-0.2, -0.15) is 0 Å². The summed E-state index contributed by atoms with van der Waals surface area (Å²) in [5.74, 6) is 0. The van der Waals surface area contributed by atoms with Crippen LogP contribution in [0.4, 0.5) is 0 Å². The minimum atomic E-state index is 0.928. The summed E-state index contributed by atoms with van der Waals surface area (Å²) in [4.78, 5) is 2.77. The Morgan fingerprint density at radius 3 is 2.56 bits per heavy atom. The second-order valence-corrected chi connectivity index (χ2v) is 6.02. The largest absolute Gasteiger partial charge is 0.295 e. The smallest absolute Gasteiger partial charge is 0.0227 e. The van der Waals surface area contributed by atoms with Gasteiger partial charge in [0.1, 0.15) is 0 Å². The van der Waals surface area contributed by atoms with E-state index in [1.54, 1.807) is 0 Å². The van der Waals surface area contributed by atoms with Crippen molar-refractivity contribution >= 4 is 0 Å². The Morgan fingerprint density at radius 2 is 1.78 bits per heavy atom. The van der Waals surface area contributed by atoms with E-state index in [0.717, 1.165) is 12.1 Å². The van der Waals surface area contributed by atoms with Gasteiger partial charge in [-0.3, -0.25) is 4.90 Å². The van der Waals surface area contributed by atoms with Gasteiger partial charge in [0, 0.05) is 18.6 Å². The molecule has 2 aliphatic rings. The normalized spacial score (nSPS) is 28.2. The first-order valence-electron chi connectivity index (χ1n) is 7.73. The van der Waals surface area contributed by atoms with Crippen molar-refractivity contribution in [3.05, 3.63) is 35.9 Å². The molecule has 0 bridgehead atoms. The molecule has 18 heavy (non-hydrogen) atoms. The zero-order valence-corrected chi connectivity index (χ0v) is 11.4. The van der Waals surface area contributed by atoms with E-state index in [1.165, 1.54) is 63.5 Å². The van der Waals surface area contributed by atoms with Crippen LogP contribution < -0.4 is 0 Å². The van der Waals surface area contributed by atoms with Gasteiger partial charge in [-0.15, -0.1) is 0 Å². The molecule has 0 aromatic heterocycles. The summed E-state index contributed by atoms with van der Waals surface area (Å²) in [6, 6.07) is 12.8. The number of rotatable bonds is 5. The summed E-state index contributed by atoms with van der Waals surface area (Å²) in [5, 5.41) is 0. The maximum absolute atomic E-state index is 2.77. The fourth-order valence-corrected chi connectivity index (χ4v) is 3.50. The van der Waals surface area contributed by atoms with Crippen LogP contribution >= 0.6 is 0 Å². The van der Waals surface area contributed by atoms with Gasteiger partial charge in [-0.25, -0.2) is 0 Å². The van der Waals surface area contributed by atoms with Crippen LogP contribution in [0.25, 0.3) is 0 Å². The first kappa shape index (κ1) is 12.2. The number of hydrogen-bond donors (Lipinski definition) is 0. The molecule has 1 aliphatic heterocycles. The average Bonchev–Trinajstić information content (AvgIpc) is 3.21. The van der Waals surface area contributed by atoms with Crippen molar-refractivity contribution in [1.29, 1.82) is 0 Å². The predicted molar refractivity (Wildman–Crippen MR) is 76.7 cm³/mol. The highest BCUT2D eigenvalue weighted by molar-refractivity contribution is 5.14. The lowest BCUT2D eigenvalue weighted by atomic mass is 9.95. The van der Waals surface area contributed by atoms with Crippen LogP contribution in [0.15, 0.2) is 30.3 Å². The molecular formula is C17H25N. The monoisotopic (exact) mass is 243 g/mol. The Morgan fingerprint density at radius 1 is 1.00 bits per heavy atom. The van der Waals surface area contributed by atoms with E-state index in [4.69, 9.17) is 0 Å². The summed E-state index contributed by atoms with van der Waals surface area (Å²) in [6.07, 6.45) is 11.4. The maximum Gasteiger partial charge on any atom is 0.0227 e. The minimum absolute atomic E-state index is 0.928. The lowest BCUT2D eigenvalue weighted by Gasteiger charge is -2.23. The Balaban J connectivity index is 1.36. The molecule has 1 unspecified atom stereocenters. The van der Waals surface area contributed by atoms with E-state index in [9.17, 15) is 0 Å². The van der Waals surface area contributed by atoms with Crippen LogP contribution in [0.3, 0.4) is 0 Å². The molecule has 2 fully saturated rings. The van der Waals surface area contributed by atoms with Crippen molar-refractivity contribution in [1.82, 2.24) is 4.90 Å². The van der Waals surface area contributed by atoms with Gasteiger partial charge in [0.05, 0.1) is 0 Å². The van der Waals surface area contributed by atoms with Gasteiger partial charge < -0.3 is 0 Å². The number of nitrogens with zero attached hydrogens (tertiary/aromatic N) is 1. The van der Waals surface area contributed by atoms with Gasteiger partial charge >= 0.3 is 0 Å². The van der Waals surface area contributed by atoms with Gasteiger partial charge in [0.2, 0.25) is 0 Å². The molecule has 0 radical (unpaired) electrons. The minimum Gasteiger partial charge on any atom is -0.295 e. The summed E-state index contributed by atoms with van der Waals surface area (Å²) >= 11 is 0. The first-order chi connectivity index (χ1) is 8.93. The molecule has 1 heteroatoms. The fraction of sp³-hybridized carbons (Fsp3) is 0.647. The van der Waals surface area contributed by atoms with Crippen LogP contribution in [0.1, 0.15) is 50.5 Å². The van der Waals surface area contributed by atoms with Crippen molar-refractivity contribution in [3.63, 3.8) is 0 Å². The zero-order chi connectivity index (χ0) is 12.2. The van der Waals surface area contributed by atoms with Crippen molar-refractivity contribution in [2.45, 2.75) is 63.5 Å². The fourth-order valence-electron chi connectivity index (χ4n) is 3.50. The molecule has 0 N–H and O–H groups in total. The molecule has 2 atom stereocenters. The van der Waals surface area contributed by atoms with E-state index in [0.29, 0.717) is 0 Å². The number of hydrogen-bond acceptors (Lipinski definition) is 1. The summed E-state index contributed by atoms with van der Waals surface area (Å²) in [7, 11) is 0. The second-order valence-electron chi connectivity index (χ2n) is 6.02. The lowest BCUT2D eigenvalue weighted by molar-refractivity contribution is 0.278. The molecule has 1 saturated heterocycles. The molecule has 1 heterocycles. The molecule has 1 aromatic carbocycles. The topological polar surface area (TPSA) is 3.01 Å². The molecule has 3 rings (SSSR count). The SMILES string of the molecule is c1ccc(CCC[C@@H]2CN2C2CCCCC2)cc1. The summed E-state index contributed by atoms with van der Waals surface area (Å²) in [5.41, 5.74) is 1.50. The molecule has 0 amide bonds. The molecule has 0 spiro atoms. The number of benzene rings is 1. The van der Waals surface area contributed by atoms with Crippen LogP contribution in [0, 0.1) is 0 Å². The Kier molecular flexibility index (Phi) is 3.99. The highest BCUT2D eigenvalue weighted by Crippen LogP contribution is 2.33. The Bertz CT molecular complexity index is 353. The molecule has 1 nitrogen and oxygen atoms in total. The maximum atomic E-state index is 2.77. The van der Waals surface area contributed by atoms with Gasteiger partial charge in [-0.05, 0) is 37.7 Å². The average molecular weight is 243 g/mol. The van der Waals surface area contributed by atoms with E-state index >= 15 is 0 Å². The third kappa shape index (κ3) is 3.14. The third-order valence-electron chi connectivity index (χ3n) is 4.65. The van der Waals surface area contributed by atoms with Crippen LogP contribution in [-0.4, -0.2) is 23.5 Å². The highest BCUT2D eigenvalue weighted by atomic mass is 15.3. The molecule has 1 aliphatic carbocycles. The van der Waals surface area contributed by atoms with Crippen molar-refractivity contribution in [2.24, 2.45) is 0 Å². The van der Waals surface area contributed by atoms with Gasteiger partial charge in [0.25, 0.3) is 0 Å². The van der Waals surface area contributed by atoms with Gasteiger partial charge in [0.15, 0.2) is 0 Å². The quantitative estimate of drug-likeness (QED) is 0.706. The predicted octanol–water partition coefficient (Wildman–Crippen LogP) is 4.03. The Labute approximate surface area is 111 Å².